The molecule has 2 aromatic carbocycles. The van der Waals surface area contributed by atoms with Crippen LogP contribution in [-0.2, 0) is 11.2 Å². The second-order valence-corrected chi connectivity index (χ2v) is 8.85. The van der Waals surface area contributed by atoms with E-state index in [1.807, 2.05) is 70.2 Å². The summed E-state index contributed by atoms with van der Waals surface area (Å²) in [5.74, 6) is 1.89. The summed E-state index contributed by atoms with van der Waals surface area (Å²) in [6, 6.07) is 12.9. The molecule has 3 rings (SSSR count). The number of ether oxygens (including phenoxy) is 3. The second-order valence-electron chi connectivity index (χ2n) is 8.85. The molecule has 1 saturated carbocycles. The molecule has 2 aromatic rings. The van der Waals surface area contributed by atoms with Crippen LogP contribution in [0.4, 0.5) is 5.69 Å². The molecule has 1 N–H and O–H groups in total. The van der Waals surface area contributed by atoms with E-state index in [1.54, 1.807) is 7.11 Å². The van der Waals surface area contributed by atoms with Crippen molar-refractivity contribution in [2.75, 3.05) is 20.3 Å². The van der Waals surface area contributed by atoms with Gasteiger partial charge >= 0.3 is 0 Å². The highest BCUT2D eigenvalue weighted by molar-refractivity contribution is 6.25. The summed E-state index contributed by atoms with van der Waals surface area (Å²) >= 11 is 0. The number of Topliss-reactive ketones (excluding diaryl/α,β-unsaturated/α-hetero) is 1. The second kappa shape index (κ2) is 10.6. The van der Waals surface area contributed by atoms with Gasteiger partial charge in [0.25, 0.3) is 0 Å². The van der Waals surface area contributed by atoms with Crippen molar-refractivity contribution in [1.82, 2.24) is 0 Å². The van der Waals surface area contributed by atoms with Gasteiger partial charge in [-0.3, -0.25) is 9.79 Å². The Labute approximate surface area is 195 Å². The zero-order chi connectivity index (χ0) is 24.0. The van der Waals surface area contributed by atoms with Gasteiger partial charge in [0.05, 0.1) is 37.3 Å². The minimum Gasteiger partial charge on any atom is -0.511 e. The highest BCUT2D eigenvalue weighted by atomic mass is 16.5. The van der Waals surface area contributed by atoms with Crippen molar-refractivity contribution < 1.29 is 24.1 Å². The fourth-order valence-corrected chi connectivity index (χ4v) is 4.03. The maximum atomic E-state index is 13.1. The third-order valence-corrected chi connectivity index (χ3v) is 5.44. The van der Waals surface area contributed by atoms with E-state index < -0.39 is 0 Å². The maximum Gasteiger partial charge on any atom is 0.168 e. The maximum absolute atomic E-state index is 13.1. The van der Waals surface area contributed by atoms with Gasteiger partial charge in [0.1, 0.15) is 11.5 Å². The number of hydrogen-bond acceptors (Lipinski definition) is 6. The quantitative estimate of drug-likeness (QED) is 0.393. The van der Waals surface area contributed by atoms with Crippen LogP contribution in [0.15, 0.2) is 58.8 Å². The first-order chi connectivity index (χ1) is 15.8. The predicted octanol–water partition coefficient (Wildman–Crippen LogP) is 6.01. The molecule has 0 unspecified atom stereocenters. The van der Waals surface area contributed by atoms with Gasteiger partial charge in [0.15, 0.2) is 17.3 Å². The number of rotatable bonds is 8. The smallest absolute Gasteiger partial charge is 0.168 e. The third kappa shape index (κ3) is 6.15. The molecule has 0 heterocycles. The van der Waals surface area contributed by atoms with Crippen molar-refractivity contribution in [2.24, 2.45) is 10.4 Å². The largest absolute Gasteiger partial charge is 0.511 e. The summed E-state index contributed by atoms with van der Waals surface area (Å²) in [4.78, 5) is 17.9. The van der Waals surface area contributed by atoms with Crippen molar-refractivity contribution >= 4 is 17.2 Å². The fourth-order valence-electron chi connectivity index (χ4n) is 4.03. The zero-order valence-corrected chi connectivity index (χ0v) is 20.1. The number of methoxy groups -OCH3 is 1. The van der Waals surface area contributed by atoms with Gasteiger partial charge in [0.2, 0.25) is 0 Å². The third-order valence-electron chi connectivity index (χ3n) is 5.44. The van der Waals surface area contributed by atoms with Crippen LogP contribution in [0, 0.1) is 5.41 Å². The Morgan fingerprint density at radius 1 is 1.03 bits per heavy atom. The van der Waals surface area contributed by atoms with E-state index in [9.17, 15) is 9.90 Å². The van der Waals surface area contributed by atoms with Crippen molar-refractivity contribution in [2.45, 2.75) is 47.0 Å². The molecule has 1 aliphatic rings. The molecule has 0 amide bonds. The Kier molecular flexibility index (Phi) is 7.79. The van der Waals surface area contributed by atoms with Crippen LogP contribution in [0.5, 0.6) is 17.2 Å². The lowest BCUT2D eigenvalue weighted by Gasteiger charge is -2.31. The lowest BCUT2D eigenvalue weighted by Crippen LogP contribution is -2.32. The minimum atomic E-state index is -0.236. The molecule has 0 aromatic heterocycles. The number of allylic oxidation sites excluding steroid dienone is 2. The van der Waals surface area contributed by atoms with E-state index in [4.69, 9.17) is 19.2 Å². The molecule has 0 aliphatic heterocycles. The van der Waals surface area contributed by atoms with E-state index in [0.29, 0.717) is 60.3 Å². The van der Waals surface area contributed by atoms with Crippen molar-refractivity contribution in [1.29, 1.82) is 0 Å². The van der Waals surface area contributed by atoms with Crippen molar-refractivity contribution in [3.63, 3.8) is 0 Å². The molecule has 33 heavy (non-hydrogen) atoms. The Bertz CT molecular complexity index is 1070. The van der Waals surface area contributed by atoms with Crippen molar-refractivity contribution in [3.8, 4) is 17.2 Å². The molecule has 176 valence electrons. The molecule has 0 bridgehead atoms. The number of nitrogens with zero attached hydrogens (tertiary/aromatic N) is 1. The standard InChI is InChI=1S/C27H33NO5/c1-6-32-24-12-11-18(14-25(24)33-7-2)13-22(29)26-21(16-27(3,4)17-23(26)30)28-19-9-8-10-20(15-19)31-5/h8-12,14-15,29H,6-7,13,16-17H2,1-5H3/b26-22-,28-21?. The number of hydrogen-bond donors (Lipinski definition) is 1. The predicted molar refractivity (Wildman–Crippen MR) is 130 cm³/mol. The normalized spacial score (nSPS) is 18.2. The van der Waals surface area contributed by atoms with Crippen LogP contribution in [-0.4, -0.2) is 36.9 Å². The fraction of sp³-hybridized carbons (Fsp3) is 0.407. The number of carbonyl (C=O) groups is 1. The summed E-state index contributed by atoms with van der Waals surface area (Å²) in [5, 5.41) is 11.1. The molecule has 6 nitrogen and oxygen atoms in total. The first-order valence-corrected chi connectivity index (χ1v) is 11.3. The molecule has 0 saturated heterocycles. The van der Waals surface area contributed by atoms with Gasteiger partial charge in [-0.05, 0) is 55.5 Å². The van der Waals surface area contributed by atoms with E-state index >= 15 is 0 Å². The van der Waals surface area contributed by atoms with Gasteiger partial charge in [-0.2, -0.15) is 0 Å². The molecule has 6 heteroatoms. The number of aliphatic hydroxyl groups excluding tert-OH is 1. The average Bonchev–Trinajstić information content (AvgIpc) is 2.75. The molecule has 0 radical (unpaired) electrons. The summed E-state index contributed by atoms with van der Waals surface area (Å²) < 4.78 is 16.6. The molecule has 0 atom stereocenters. The lowest BCUT2D eigenvalue weighted by molar-refractivity contribution is -0.117. The number of benzene rings is 2. The van der Waals surface area contributed by atoms with E-state index in [-0.39, 0.29) is 23.4 Å². The first-order valence-electron chi connectivity index (χ1n) is 11.3. The number of aliphatic hydroxyl groups is 1. The lowest BCUT2D eigenvalue weighted by atomic mass is 9.73. The van der Waals surface area contributed by atoms with Gasteiger partial charge in [-0.25, -0.2) is 0 Å². The highest BCUT2D eigenvalue weighted by Gasteiger charge is 2.36. The molecule has 1 aliphatic carbocycles. The average molecular weight is 452 g/mol. The van der Waals surface area contributed by atoms with E-state index in [1.165, 1.54) is 0 Å². The van der Waals surface area contributed by atoms with Crippen LogP contribution >= 0.6 is 0 Å². The molecule has 1 fully saturated rings. The van der Waals surface area contributed by atoms with Gasteiger partial charge in [0, 0.05) is 18.9 Å². The monoisotopic (exact) mass is 451 g/mol. The summed E-state index contributed by atoms with van der Waals surface area (Å²) in [6.45, 7) is 8.94. The Morgan fingerprint density at radius 2 is 1.76 bits per heavy atom. The molecule has 0 spiro atoms. The Balaban J connectivity index is 2.00. The van der Waals surface area contributed by atoms with Crippen molar-refractivity contribution in [3.05, 3.63) is 59.4 Å². The van der Waals surface area contributed by atoms with Gasteiger partial charge in [-0.15, -0.1) is 0 Å². The minimum absolute atomic E-state index is 0.0174. The van der Waals surface area contributed by atoms with Gasteiger partial charge in [-0.1, -0.05) is 26.0 Å². The SMILES string of the molecule is CCOc1ccc(C/C(O)=C2/C(=O)CC(C)(C)CC2=Nc2cccc(OC)c2)cc1OCC. The Hall–Kier alpha value is -3.28. The van der Waals surface area contributed by atoms with E-state index in [2.05, 4.69) is 0 Å². The van der Waals surface area contributed by atoms with Crippen LogP contribution in [0.2, 0.25) is 0 Å². The Morgan fingerprint density at radius 3 is 2.45 bits per heavy atom. The van der Waals surface area contributed by atoms with Crippen LogP contribution < -0.4 is 14.2 Å². The molecular formula is C27H33NO5. The highest BCUT2D eigenvalue weighted by Crippen LogP contribution is 2.37. The summed E-state index contributed by atoms with van der Waals surface area (Å²) in [7, 11) is 1.60. The number of aliphatic imine (C=N–C) groups is 1. The molecular weight excluding hydrogens is 418 g/mol. The topological polar surface area (TPSA) is 77.4 Å². The first kappa shape index (κ1) is 24.4. The number of carbonyl (C=O) groups excluding carboxylic acids is 1. The summed E-state index contributed by atoms with van der Waals surface area (Å²) in [6.07, 6.45) is 1.14. The zero-order valence-electron chi connectivity index (χ0n) is 20.1. The summed E-state index contributed by atoms with van der Waals surface area (Å²) in [5.41, 5.74) is 2.17. The van der Waals surface area contributed by atoms with Crippen LogP contribution in [0.25, 0.3) is 0 Å². The number of ketones is 1. The van der Waals surface area contributed by atoms with Crippen LogP contribution in [0.3, 0.4) is 0 Å². The van der Waals surface area contributed by atoms with Crippen LogP contribution in [0.1, 0.15) is 46.1 Å². The van der Waals surface area contributed by atoms with E-state index in [0.717, 1.165) is 5.56 Å². The van der Waals surface area contributed by atoms with Gasteiger partial charge < -0.3 is 19.3 Å².